The number of nitrogens with zero attached hydrogens (tertiary/aromatic N) is 2. The van der Waals surface area contributed by atoms with E-state index in [1.165, 1.54) is 47.8 Å². The summed E-state index contributed by atoms with van der Waals surface area (Å²) in [5.41, 5.74) is 6.54. The number of carbonyl (C=O) groups excluding carboxylic acids is 1. The van der Waals surface area contributed by atoms with Gasteiger partial charge in [-0.25, -0.2) is 9.78 Å². The average Bonchev–Trinajstić information content (AvgIpc) is 3.37. The smallest absolute Gasteiger partial charge is 0.319 e. The van der Waals surface area contributed by atoms with Crippen LogP contribution < -0.4 is 15.4 Å². The predicted molar refractivity (Wildman–Crippen MR) is 147 cm³/mol. The second-order valence-corrected chi connectivity index (χ2v) is 10.7. The molecular formula is C29H32N4O2S. The van der Waals surface area contributed by atoms with Crippen LogP contribution >= 0.6 is 11.3 Å². The van der Waals surface area contributed by atoms with Gasteiger partial charge in [0, 0.05) is 45.9 Å². The van der Waals surface area contributed by atoms with Gasteiger partial charge in [-0.15, -0.1) is 11.3 Å². The Hall–Kier alpha value is -3.32. The Labute approximate surface area is 215 Å². The molecule has 186 valence electrons. The van der Waals surface area contributed by atoms with Crippen molar-refractivity contribution in [1.82, 2.24) is 14.9 Å². The van der Waals surface area contributed by atoms with Crippen LogP contribution in [0, 0.1) is 6.92 Å². The van der Waals surface area contributed by atoms with Crippen molar-refractivity contribution in [2.45, 2.75) is 64.5 Å². The predicted octanol–water partition coefficient (Wildman–Crippen LogP) is 7.54. The highest BCUT2D eigenvalue weighted by atomic mass is 32.1. The summed E-state index contributed by atoms with van der Waals surface area (Å²) in [5.74, 6) is 0.897. The molecule has 0 unspecified atom stereocenters. The zero-order valence-electron chi connectivity index (χ0n) is 20.8. The van der Waals surface area contributed by atoms with Gasteiger partial charge < -0.3 is 19.9 Å². The number of nitrogens with one attached hydrogen (secondary N) is 2. The summed E-state index contributed by atoms with van der Waals surface area (Å²) in [5, 5.41) is 10.4. The van der Waals surface area contributed by atoms with Gasteiger partial charge in [-0.2, -0.15) is 0 Å². The van der Waals surface area contributed by atoms with E-state index in [9.17, 15) is 4.79 Å². The first-order chi connectivity index (χ1) is 17.6. The summed E-state index contributed by atoms with van der Waals surface area (Å²) in [6, 6.07) is 15.3. The number of hydrogen-bond acceptors (Lipinski definition) is 4. The number of hydrogen-bond donors (Lipinski definition) is 2. The summed E-state index contributed by atoms with van der Waals surface area (Å²) in [7, 11) is 0. The standard InChI is InChI=1S/C29H32N4O2S/c1-3-35-23-14-15-24-25(16-23)33(22-8-5-9-22)27(26(24)28-30-18(2)17-36-28)19-10-12-21(13-11-19)32-29(34)31-20-6-4-7-20/h10-17,20,22H,3-9H2,1-2H3,(H2,31,32,34). The van der Waals surface area contributed by atoms with Crippen LogP contribution in [-0.2, 0) is 0 Å². The number of aromatic nitrogens is 2. The minimum Gasteiger partial charge on any atom is -0.494 e. The number of thiazole rings is 1. The molecule has 2 aliphatic rings. The molecule has 2 saturated carbocycles. The van der Waals surface area contributed by atoms with E-state index >= 15 is 0 Å². The fourth-order valence-corrected chi connectivity index (χ4v) is 6.01. The number of anilines is 1. The van der Waals surface area contributed by atoms with Crippen molar-refractivity contribution in [2.24, 2.45) is 0 Å². The van der Waals surface area contributed by atoms with Crippen molar-refractivity contribution in [3.05, 3.63) is 53.5 Å². The number of benzene rings is 2. The van der Waals surface area contributed by atoms with E-state index in [4.69, 9.17) is 9.72 Å². The van der Waals surface area contributed by atoms with Gasteiger partial charge in [0.25, 0.3) is 0 Å². The quantitative estimate of drug-likeness (QED) is 0.275. The number of ether oxygens (including phenoxy) is 1. The molecule has 7 heteroatoms. The van der Waals surface area contributed by atoms with Crippen LogP contribution in [0.5, 0.6) is 5.75 Å². The van der Waals surface area contributed by atoms with Crippen LogP contribution in [0.15, 0.2) is 47.8 Å². The second kappa shape index (κ2) is 9.62. The minimum atomic E-state index is -0.126. The Balaban J connectivity index is 1.45. The van der Waals surface area contributed by atoms with Crippen LogP contribution in [-0.4, -0.2) is 28.2 Å². The molecule has 0 radical (unpaired) electrons. The summed E-state index contributed by atoms with van der Waals surface area (Å²) in [6.07, 6.45) is 6.94. The number of amides is 2. The van der Waals surface area contributed by atoms with Crippen LogP contribution in [0.4, 0.5) is 10.5 Å². The molecule has 6 rings (SSSR count). The lowest BCUT2D eigenvalue weighted by molar-refractivity contribution is 0.240. The van der Waals surface area contributed by atoms with Crippen molar-refractivity contribution in [2.75, 3.05) is 11.9 Å². The van der Waals surface area contributed by atoms with Gasteiger partial charge in [0.05, 0.1) is 17.8 Å². The number of carbonyl (C=O) groups is 1. The van der Waals surface area contributed by atoms with Crippen molar-refractivity contribution in [3.8, 4) is 27.6 Å². The Morgan fingerprint density at radius 3 is 2.50 bits per heavy atom. The van der Waals surface area contributed by atoms with Crippen molar-refractivity contribution < 1.29 is 9.53 Å². The first-order valence-corrected chi connectivity index (χ1v) is 13.9. The van der Waals surface area contributed by atoms with Gasteiger partial charge in [0.15, 0.2) is 0 Å². The van der Waals surface area contributed by atoms with Crippen molar-refractivity contribution in [1.29, 1.82) is 0 Å². The second-order valence-electron chi connectivity index (χ2n) is 9.89. The molecular weight excluding hydrogens is 468 g/mol. The minimum absolute atomic E-state index is 0.126. The maximum absolute atomic E-state index is 12.4. The zero-order chi connectivity index (χ0) is 24.6. The highest BCUT2D eigenvalue weighted by molar-refractivity contribution is 7.13. The summed E-state index contributed by atoms with van der Waals surface area (Å²) in [4.78, 5) is 17.3. The molecule has 4 aromatic rings. The summed E-state index contributed by atoms with van der Waals surface area (Å²) >= 11 is 1.70. The van der Waals surface area contributed by atoms with E-state index in [-0.39, 0.29) is 6.03 Å². The molecule has 2 heterocycles. The van der Waals surface area contributed by atoms with Gasteiger partial charge in [0.2, 0.25) is 0 Å². The van der Waals surface area contributed by atoms with Crippen LogP contribution in [0.3, 0.4) is 0 Å². The van der Waals surface area contributed by atoms with Crippen LogP contribution in [0.2, 0.25) is 0 Å². The molecule has 0 bridgehead atoms. The zero-order valence-corrected chi connectivity index (χ0v) is 21.7. The Bertz CT molecular complexity index is 1400. The van der Waals surface area contributed by atoms with Crippen LogP contribution in [0.25, 0.3) is 32.7 Å². The Morgan fingerprint density at radius 1 is 1.11 bits per heavy atom. The van der Waals surface area contributed by atoms with Gasteiger partial charge in [-0.1, -0.05) is 12.1 Å². The molecule has 0 spiro atoms. The third kappa shape index (κ3) is 4.26. The molecule has 2 fully saturated rings. The van der Waals surface area contributed by atoms with E-state index < -0.39 is 0 Å². The van der Waals surface area contributed by atoms with Gasteiger partial charge in [0.1, 0.15) is 10.8 Å². The molecule has 6 nitrogen and oxygen atoms in total. The molecule has 2 aromatic heterocycles. The first-order valence-electron chi connectivity index (χ1n) is 13.0. The highest BCUT2D eigenvalue weighted by Gasteiger charge is 2.29. The third-order valence-corrected chi connectivity index (χ3v) is 8.39. The molecule has 2 amide bonds. The molecule has 36 heavy (non-hydrogen) atoms. The number of rotatable bonds is 7. The van der Waals surface area contributed by atoms with E-state index in [2.05, 4.69) is 50.9 Å². The topological polar surface area (TPSA) is 68.2 Å². The molecule has 2 aliphatic carbocycles. The monoisotopic (exact) mass is 500 g/mol. The highest BCUT2D eigenvalue weighted by Crippen LogP contribution is 2.48. The SMILES string of the molecule is CCOc1ccc2c(-c3nc(C)cs3)c(-c3ccc(NC(=O)NC4CCC4)cc3)n(C3CCC3)c2c1. The van der Waals surface area contributed by atoms with Gasteiger partial charge in [-0.3, -0.25) is 0 Å². The molecule has 0 aliphatic heterocycles. The molecule has 2 aromatic carbocycles. The van der Waals surface area contributed by atoms with E-state index in [1.807, 2.05) is 26.0 Å². The fourth-order valence-electron chi connectivity index (χ4n) is 5.16. The third-order valence-electron chi connectivity index (χ3n) is 7.42. The summed E-state index contributed by atoms with van der Waals surface area (Å²) < 4.78 is 8.40. The van der Waals surface area contributed by atoms with Gasteiger partial charge in [-0.05, 0) is 82.2 Å². The first kappa shape index (κ1) is 23.1. The maximum Gasteiger partial charge on any atom is 0.319 e. The van der Waals surface area contributed by atoms with Gasteiger partial charge >= 0.3 is 6.03 Å². The number of urea groups is 1. The normalized spacial score (nSPS) is 15.9. The maximum atomic E-state index is 12.4. The average molecular weight is 501 g/mol. The largest absolute Gasteiger partial charge is 0.494 e. The van der Waals surface area contributed by atoms with E-state index in [0.717, 1.165) is 40.5 Å². The Kier molecular flexibility index (Phi) is 6.17. The fraction of sp³-hybridized carbons (Fsp3) is 0.379. The van der Waals surface area contributed by atoms with E-state index in [1.54, 1.807) is 11.3 Å². The molecule has 0 saturated heterocycles. The molecule has 2 N–H and O–H groups in total. The lowest BCUT2D eigenvalue weighted by atomic mass is 9.92. The Morgan fingerprint density at radius 2 is 1.89 bits per heavy atom. The summed E-state index contributed by atoms with van der Waals surface area (Å²) in [6.45, 7) is 4.71. The number of aryl methyl sites for hydroxylation is 1. The molecule has 0 atom stereocenters. The number of fused-ring (bicyclic) bond motifs is 1. The van der Waals surface area contributed by atoms with Crippen LogP contribution in [0.1, 0.15) is 57.2 Å². The van der Waals surface area contributed by atoms with Crippen molar-refractivity contribution >= 4 is 34.0 Å². The lowest BCUT2D eigenvalue weighted by Crippen LogP contribution is -2.41. The van der Waals surface area contributed by atoms with E-state index in [0.29, 0.717) is 18.7 Å². The van der Waals surface area contributed by atoms with Crippen molar-refractivity contribution in [3.63, 3.8) is 0 Å². The lowest BCUT2D eigenvalue weighted by Gasteiger charge is -2.30.